The van der Waals surface area contributed by atoms with E-state index < -0.39 is 5.97 Å². The van der Waals surface area contributed by atoms with Gasteiger partial charge in [0.15, 0.2) is 5.76 Å². The molecule has 7 heteroatoms. The number of benzene rings is 1. The van der Waals surface area contributed by atoms with Gasteiger partial charge in [0, 0.05) is 22.7 Å². The molecule has 104 valence electrons. The van der Waals surface area contributed by atoms with Crippen LogP contribution in [0.3, 0.4) is 0 Å². The third kappa shape index (κ3) is 3.76. The number of aromatic nitrogens is 1. The molecule has 0 amide bonds. The van der Waals surface area contributed by atoms with Crippen LogP contribution in [0.25, 0.3) is 6.08 Å². The normalized spacial score (nSPS) is 10.9. The molecule has 20 heavy (non-hydrogen) atoms. The molecule has 0 saturated carbocycles. The first-order valence-corrected chi connectivity index (χ1v) is 6.24. The zero-order valence-electron chi connectivity index (χ0n) is 10.0. The quantitative estimate of drug-likeness (QED) is 0.853. The fourth-order valence-electron chi connectivity index (χ4n) is 1.48. The monoisotopic (exact) mass is 313 g/mol. The van der Waals surface area contributed by atoms with Gasteiger partial charge in [-0.15, -0.1) is 0 Å². The highest BCUT2D eigenvalue weighted by atomic mass is 35.5. The molecule has 1 aromatic carbocycles. The van der Waals surface area contributed by atoms with E-state index in [1.165, 1.54) is 18.3 Å². The lowest BCUT2D eigenvalue weighted by atomic mass is 10.2. The summed E-state index contributed by atoms with van der Waals surface area (Å²) < 4.78 is 10.4. The molecule has 0 unspecified atom stereocenters. The fraction of sp³-hybridized carbons (Fsp3) is 0.0769. The van der Waals surface area contributed by atoms with E-state index in [1.54, 1.807) is 12.1 Å². The summed E-state index contributed by atoms with van der Waals surface area (Å²) in [5.41, 5.74) is 0.462. The molecule has 0 bridgehead atoms. The standard InChI is InChI=1S/C13H9Cl2NO4/c14-9-5-8(1-2-12(17)18)13(11(15)6-9)19-7-10-3-4-16-20-10/h1-6H,7H2,(H,17,18)/b2-1+. The summed E-state index contributed by atoms with van der Waals surface area (Å²) in [4.78, 5) is 10.6. The van der Waals surface area contributed by atoms with Crippen LogP contribution in [-0.4, -0.2) is 16.2 Å². The number of halogens is 2. The third-order valence-electron chi connectivity index (χ3n) is 2.29. The fourth-order valence-corrected chi connectivity index (χ4v) is 2.04. The minimum Gasteiger partial charge on any atom is -0.483 e. The summed E-state index contributed by atoms with van der Waals surface area (Å²) in [6.07, 6.45) is 3.83. The maximum absolute atomic E-state index is 10.6. The van der Waals surface area contributed by atoms with Crippen LogP contribution in [-0.2, 0) is 11.4 Å². The number of aliphatic carboxylic acids is 1. The average molecular weight is 314 g/mol. The van der Waals surface area contributed by atoms with Crippen LogP contribution in [0.5, 0.6) is 5.75 Å². The largest absolute Gasteiger partial charge is 0.483 e. The Morgan fingerprint density at radius 3 is 2.90 bits per heavy atom. The number of carboxylic acid groups (broad SMARTS) is 1. The van der Waals surface area contributed by atoms with Crippen molar-refractivity contribution in [2.75, 3.05) is 0 Å². The minimum atomic E-state index is -1.08. The third-order valence-corrected chi connectivity index (χ3v) is 2.79. The Kier molecular flexibility index (Phi) is 4.65. The van der Waals surface area contributed by atoms with Gasteiger partial charge >= 0.3 is 5.97 Å². The van der Waals surface area contributed by atoms with Crippen LogP contribution >= 0.6 is 23.2 Å². The van der Waals surface area contributed by atoms with E-state index in [2.05, 4.69) is 5.16 Å². The van der Waals surface area contributed by atoms with Gasteiger partial charge in [0.05, 0.1) is 11.2 Å². The Morgan fingerprint density at radius 2 is 2.25 bits per heavy atom. The van der Waals surface area contributed by atoms with E-state index in [0.717, 1.165) is 6.08 Å². The molecule has 0 fully saturated rings. The molecule has 0 saturated heterocycles. The predicted molar refractivity (Wildman–Crippen MR) is 74.0 cm³/mol. The van der Waals surface area contributed by atoms with E-state index in [1.807, 2.05) is 0 Å². The van der Waals surface area contributed by atoms with Gasteiger partial charge in [0.1, 0.15) is 12.4 Å². The lowest BCUT2D eigenvalue weighted by Gasteiger charge is -2.10. The molecule has 2 aromatic rings. The first-order valence-electron chi connectivity index (χ1n) is 5.48. The molecule has 0 spiro atoms. The van der Waals surface area contributed by atoms with E-state index in [4.69, 9.17) is 37.6 Å². The van der Waals surface area contributed by atoms with Crippen molar-refractivity contribution in [1.82, 2.24) is 5.16 Å². The molecule has 0 aliphatic rings. The topological polar surface area (TPSA) is 72.6 Å². The van der Waals surface area contributed by atoms with Crippen LogP contribution in [0.2, 0.25) is 10.0 Å². The van der Waals surface area contributed by atoms with Gasteiger partial charge in [0.25, 0.3) is 0 Å². The molecule has 0 atom stereocenters. The Hall–Kier alpha value is -1.98. The Bertz CT molecular complexity index is 638. The van der Waals surface area contributed by atoms with Crippen molar-refractivity contribution in [2.45, 2.75) is 6.61 Å². The van der Waals surface area contributed by atoms with Gasteiger partial charge in [-0.1, -0.05) is 28.4 Å². The highest BCUT2D eigenvalue weighted by Crippen LogP contribution is 2.33. The summed E-state index contributed by atoms with van der Waals surface area (Å²) in [6, 6.07) is 4.72. The molecular weight excluding hydrogens is 305 g/mol. The van der Waals surface area contributed by atoms with Crippen molar-refractivity contribution >= 4 is 35.2 Å². The van der Waals surface area contributed by atoms with Crippen LogP contribution in [0.4, 0.5) is 0 Å². The zero-order valence-corrected chi connectivity index (χ0v) is 11.6. The van der Waals surface area contributed by atoms with Gasteiger partial charge in [-0.2, -0.15) is 0 Å². The average Bonchev–Trinajstić information content (AvgIpc) is 2.88. The van der Waals surface area contributed by atoms with Gasteiger partial charge in [-0.05, 0) is 18.2 Å². The molecule has 0 radical (unpaired) electrons. The van der Waals surface area contributed by atoms with Gasteiger partial charge in [0.2, 0.25) is 0 Å². The molecule has 1 aromatic heterocycles. The molecule has 5 nitrogen and oxygen atoms in total. The number of hydrogen-bond donors (Lipinski definition) is 1. The molecule has 2 rings (SSSR count). The van der Waals surface area contributed by atoms with E-state index in [0.29, 0.717) is 22.1 Å². The second kappa shape index (κ2) is 6.45. The van der Waals surface area contributed by atoms with Crippen LogP contribution in [0.15, 0.2) is 35.0 Å². The number of hydrogen-bond acceptors (Lipinski definition) is 4. The van der Waals surface area contributed by atoms with E-state index >= 15 is 0 Å². The minimum absolute atomic E-state index is 0.120. The summed E-state index contributed by atoms with van der Waals surface area (Å²) in [5, 5.41) is 12.9. The number of rotatable bonds is 5. The van der Waals surface area contributed by atoms with Crippen molar-refractivity contribution in [2.24, 2.45) is 0 Å². The number of ether oxygens (including phenoxy) is 1. The highest BCUT2D eigenvalue weighted by molar-refractivity contribution is 6.35. The number of carboxylic acids is 1. The lowest BCUT2D eigenvalue weighted by Crippen LogP contribution is -1.97. The first kappa shape index (κ1) is 14.4. The summed E-state index contributed by atoms with van der Waals surface area (Å²) in [6.45, 7) is 0.120. The number of carbonyl (C=O) groups is 1. The van der Waals surface area contributed by atoms with Gasteiger partial charge in [-0.25, -0.2) is 4.79 Å². The van der Waals surface area contributed by atoms with Crippen LogP contribution in [0.1, 0.15) is 11.3 Å². The molecule has 0 aliphatic heterocycles. The van der Waals surface area contributed by atoms with Crippen molar-refractivity contribution in [3.8, 4) is 5.75 Å². The van der Waals surface area contributed by atoms with Crippen LogP contribution in [0, 0.1) is 0 Å². The summed E-state index contributed by atoms with van der Waals surface area (Å²) >= 11 is 11.9. The first-order chi connectivity index (χ1) is 9.56. The number of nitrogens with zero attached hydrogens (tertiary/aromatic N) is 1. The van der Waals surface area contributed by atoms with Gasteiger partial charge in [-0.3, -0.25) is 0 Å². The molecule has 1 heterocycles. The SMILES string of the molecule is O=C(O)/C=C/c1cc(Cl)cc(Cl)c1OCc1ccno1. The van der Waals surface area contributed by atoms with Crippen LogP contribution < -0.4 is 4.74 Å². The Morgan fingerprint density at radius 1 is 1.45 bits per heavy atom. The van der Waals surface area contributed by atoms with Crippen molar-refractivity contribution in [1.29, 1.82) is 0 Å². The summed E-state index contributed by atoms with van der Waals surface area (Å²) in [7, 11) is 0. The van der Waals surface area contributed by atoms with E-state index in [-0.39, 0.29) is 11.6 Å². The van der Waals surface area contributed by atoms with Crippen molar-refractivity contribution in [3.05, 3.63) is 51.8 Å². The second-order valence-corrected chi connectivity index (χ2v) is 4.59. The smallest absolute Gasteiger partial charge is 0.328 e. The molecular formula is C13H9Cl2NO4. The Labute approximate surface area is 124 Å². The maximum atomic E-state index is 10.6. The predicted octanol–water partition coefficient (Wildman–Crippen LogP) is 3.66. The zero-order chi connectivity index (χ0) is 14.5. The molecule has 0 aliphatic carbocycles. The highest BCUT2D eigenvalue weighted by Gasteiger charge is 2.10. The molecule has 1 N–H and O–H groups in total. The van der Waals surface area contributed by atoms with Gasteiger partial charge < -0.3 is 14.4 Å². The maximum Gasteiger partial charge on any atom is 0.328 e. The van der Waals surface area contributed by atoms with E-state index in [9.17, 15) is 4.79 Å². The Balaban J connectivity index is 2.27. The lowest BCUT2D eigenvalue weighted by molar-refractivity contribution is -0.131. The summed E-state index contributed by atoms with van der Waals surface area (Å²) in [5.74, 6) is -0.239. The second-order valence-electron chi connectivity index (χ2n) is 3.74. The van der Waals surface area contributed by atoms with Crippen molar-refractivity contribution in [3.63, 3.8) is 0 Å². The van der Waals surface area contributed by atoms with Crippen molar-refractivity contribution < 1.29 is 19.2 Å².